The first-order chi connectivity index (χ1) is 13.0. The number of para-hydroxylation sites is 1. The Morgan fingerprint density at radius 2 is 1.59 bits per heavy atom. The first kappa shape index (κ1) is 17.6. The van der Waals surface area contributed by atoms with Crippen molar-refractivity contribution in [1.29, 1.82) is 0 Å². The maximum atomic E-state index is 13.4. The van der Waals surface area contributed by atoms with Crippen LogP contribution in [-0.2, 0) is 15.6 Å². The first-order valence-corrected chi connectivity index (χ1v) is 10.6. The zero-order valence-electron chi connectivity index (χ0n) is 15.4. The molecule has 27 heavy (non-hydrogen) atoms. The van der Waals surface area contributed by atoms with Crippen molar-refractivity contribution in [3.63, 3.8) is 0 Å². The van der Waals surface area contributed by atoms with Crippen molar-refractivity contribution >= 4 is 20.7 Å². The van der Waals surface area contributed by atoms with Gasteiger partial charge in [-0.15, -0.1) is 0 Å². The second kappa shape index (κ2) is 6.71. The van der Waals surface area contributed by atoms with Crippen LogP contribution < -0.4 is 0 Å². The van der Waals surface area contributed by atoms with Crippen LogP contribution in [0.25, 0.3) is 22.0 Å². The average Bonchev–Trinajstić information content (AvgIpc) is 2.97. The highest BCUT2D eigenvalue weighted by Gasteiger charge is 2.22. The topological polar surface area (TPSA) is 49.9 Å². The molecule has 0 spiro atoms. The van der Waals surface area contributed by atoms with Gasteiger partial charge in [-0.05, 0) is 37.1 Å². The summed E-state index contributed by atoms with van der Waals surface area (Å²) in [4.78, 5) is 3.67. The normalized spacial score (nSPS) is 11.8. The molecule has 1 heterocycles. The van der Waals surface area contributed by atoms with E-state index >= 15 is 0 Å². The summed E-state index contributed by atoms with van der Waals surface area (Å²) < 4.78 is 26.7. The molecule has 1 aromatic heterocycles. The number of fused-ring (bicyclic) bond motifs is 1. The van der Waals surface area contributed by atoms with E-state index in [9.17, 15) is 8.42 Å². The molecule has 4 aromatic rings. The number of hydrogen-bond donors (Lipinski definition) is 1. The van der Waals surface area contributed by atoms with Gasteiger partial charge in [0.2, 0.25) is 0 Å². The molecule has 1 N–H and O–H groups in total. The molecule has 3 aromatic carbocycles. The summed E-state index contributed by atoms with van der Waals surface area (Å²) in [7, 11) is -3.51. The van der Waals surface area contributed by atoms with Crippen molar-refractivity contribution in [2.24, 2.45) is 0 Å². The Balaban J connectivity index is 1.83. The van der Waals surface area contributed by atoms with Gasteiger partial charge in [-0.2, -0.15) is 0 Å². The second-order valence-corrected chi connectivity index (χ2v) is 8.86. The number of H-pyrrole nitrogens is 1. The summed E-state index contributed by atoms with van der Waals surface area (Å²) in [6.07, 6.45) is 0. The van der Waals surface area contributed by atoms with Crippen LogP contribution in [0.4, 0.5) is 0 Å². The summed E-state index contributed by atoms with van der Waals surface area (Å²) in [5, 5.41) is 0.964. The van der Waals surface area contributed by atoms with E-state index in [1.165, 1.54) is 0 Å². The Kier molecular flexibility index (Phi) is 4.36. The molecule has 0 atom stereocenters. The highest BCUT2D eigenvalue weighted by atomic mass is 32.2. The minimum Gasteiger partial charge on any atom is -0.358 e. The minimum absolute atomic E-state index is 0.0221. The Morgan fingerprint density at radius 1 is 0.852 bits per heavy atom. The van der Waals surface area contributed by atoms with E-state index < -0.39 is 9.84 Å². The van der Waals surface area contributed by atoms with Gasteiger partial charge in [0.15, 0.2) is 9.84 Å². The SMILES string of the molecule is Cc1cccc(-c2ccccc2S(=O)(=O)Cc2c(C)[nH]c3ccccc23)c1. The van der Waals surface area contributed by atoms with Gasteiger partial charge in [0.25, 0.3) is 0 Å². The predicted molar refractivity (Wildman–Crippen MR) is 111 cm³/mol. The number of benzene rings is 3. The van der Waals surface area contributed by atoms with E-state index in [0.29, 0.717) is 4.90 Å². The van der Waals surface area contributed by atoms with E-state index in [1.807, 2.05) is 74.5 Å². The van der Waals surface area contributed by atoms with Gasteiger partial charge in [-0.25, -0.2) is 8.42 Å². The quantitative estimate of drug-likeness (QED) is 0.517. The fourth-order valence-electron chi connectivity index (χ4n) is 3.58. The minimum atomic E-state index is -3.51. The van der Waals surface area contributed by atoms with Gasteiger partial charge < -0.3 is 4.98 Å². The van der Waals surface area contributed by atoms with Gasteiger partial charge in [0, 0.05) is 22.2 Å². The summed E-state index contributed by atoms with van der Waals surface area (Å²) in [5.74, 6) is -0.0221. The number of sulfone groups is 1. The van der Waals surface area contributed by atoms with E-state index in [1.54, 1.807) is 12.1 Å². The third-order valence-electron chi connectivity index (χ3n) is 4.91. The lowest BCUT2D eigenvalue weighted by Crippen LogP contribution is -2.07. The molecule has 0 aliphatic carbocycles. The van der Waals surface area contributed by atoms with Crippen LogP contribution in [-0.4, -0.2) is 13.4 Å². The van der Waals surface area contributed by atoms with Crippen LogP contribution in [0.15, 0.2) is 77.7 Å². The zero-order valence-corrected chi connectivity index (χ0v) is 16.2. The van der Waals surface area contributed by atoms with E-state index in [0.717, 1.165) is 38.9 Å². The Morgan fingerprint density at radius 3 is 2.41 bits per heavy atom. The third kappa shape index (κ3) is 3.28. The molecule has 136 valence electrons. The van der Waals surface area contributed by atoms with Crippen LogP contribution >= 0.6 is 0 Å². The van der Waals surface area contributed by atoms with Crippen LogP contribution in [0.3, 0.4) is 0 Å². The standard InChI is InChI=1S/C23H21NO2S/c1-16-8-7-9-18(14-16)19-10-4-6-13-23(19)27(25,26)15-21-17(2)24-22-12-5-3-11-20(21)22/h3-14,24H,15H2,1-2H3. The molecule has 3 nitrogen and oxygen atoms in total. The fraction of sp³-hybridized carbons (Fsp3) is 0.130. The maximum absolute atomic E-state index is 13.4. The summed E-state index contributed by atoms with van der Waals surface area (Å²) in [6.45, 7) is 3.94. The van der Waals surface area contributed by atoms with E-state index in [-0.39, 0.29) is 5.75 Å². The van der Waals surface area contributed by atoms with Crippen molar-refractivity contribution in [3.05, 3.63) is 89.6 Å². The highest BCUT2D eigenvalue weighted by Crippen LogP contribution is 2.32. The van der Waals surface area contributed by atoms with Crippen LogP contribution in [0.1, 0.15) is 16.8 Å². The number of rotatable bonds is 4. The number of hydrogen-bond acceptors (Lipinski definition) is 2. The van der Waals surface area contributed by atoms with Crippen molar-refractivity contribution in [1.82, 2.24) is 4.98 Å². The second-order valence-electron chi connectivity index (χ2n) is 6.90. The van der Waals surface area contributed by atoms with Gasteiger partial charge in [0.1, 0.15) is 0 Å². The molecule has 4 heteroatoms. The monoisotopic (exact) mass is 375 g/mol. The molecular formula is C23H21NO2S. The number of aromatic nitrogens is 1. The lowest BCUT2D eigenvalue weighted by Gasteiger charge is -2.12. The molecule has 0 saturated carbocycles. The average molecular weight is 375 g/mol. The Bertz CT molecular complexity index is 1240. The molecule has 4 rings (SSSR count). The van der Waals surface area contributed by atoms with Crippen molar-refractivity contribution in [2.75, 3.05) is 0 Å². The van der Waals surface area contributed by atoms with Crippen LogP contribution in [0, 0.1) is 13.8 Å². The molecule has 0 fully saturated rings. The van der Waals surface area contributed by atoms with Crippen molar-refractivity contribution in [3.8, 4) is 11.1 Å². The van der Waals surface area contributed by atoms with Crippen molar-refractivity contribution in [2.45, 2.75) is 24.5 Å². The lowest BCUT2D eigenvalue weighted by atomic mass is 10.0. The molecule has 0 aliphatic rings. The summed E-state index contributed by atoms with van der Waals surface area (Å²) in [6, 6.07) is 23.0. The molecule has 0 bridgehead atoms. The van der Waals surface area contributed by atoms with Gasteiger partial charge in [-0.3, -0.25) is 0 Å². The predicted octanol–water partition coefficient (Wildman–Crippen LogP) is 5.43. The van der Waals surface area contributed by atoms with Crippen LogP contribution in [0.5, 0.6) is 0 Å². The molecule has 0 unspecified atom stereocenters. The van der Waals surface area contributed by atoms with Gasteiger partial charge in [-0.1, -0.05) is 66.2 Å². The molecule has 0 radical (unpaired) electrons. The smallest absolute Gasteiger partial charge is 0.183 e. The number of aryl methyl sites for hydroxylation is 2. The highest BCUT2D eigenvalue weighted by molar-refractivity contribution is 7.90. The van der Waals surface area contributed by atoms with Crippen LogP contribution in [0.2, 0.25) is 0 Å². The molecular weight excluding hydrogens is 354 g/mol. The third-order valence-corrected chi connectivity index (χ3v) is 6.61. The van der Waals surface area contributed by atoms with E-state index in [4.69, 9.17) is 0 Å². The zero-order chi connectivity index (χ0) is 19.0. The Labute approximate surface area is 159 Å². The largest absolute Gasteiger partial charge is 0.358 e. The van der Waals surface area contributed by atoms with Gasteiger partial charge in [0.05, 0.1) is 10.6 Å². The number of aromatic amines is 1. The van der Waals surface area contributed by atoms with E-state index in [2.05, 4.69) is 4.98 Å². The lowest BCUT2D eigenvalue weighted by molar-refractivity contribution is 0.595. The molecule has 0 aliphatic heterocycles. The maximum Gasteiger partial charge on any atom is 0.183 e. The first-order valence-electron chi connectivity index (χ1n) is 8.91. The van der Waals surface area contributed by atoms with Gasteiger partial charge >= 0.3 is 0 Å². The fourth-order valence-corrected chi connectivity index (χ4v) is 5.29. The van der Waals surface area contributed by atoms with Crippen molar-refractivity contribution < 1.29 is 8.42 Å². The number of nitrogens with one attached hydrogen (secondary N) is 1. The Hall–Kier alpha value is -2.85. The summed E-state index contributed by atoms with van der Waals surface area (Å²) >= 11 is 0. The molecule has 0 saturated heterocycles. The summed E-state index contributed by atoms with van der Waals surface area (Å²) in [5.41, 5.74) is 5.47. The molecule has 0 amide bonds.